The third kappa shape index (κ3) is 3.27. The van der Waals surface area contributed by atoms with Gasteiger partial charge in [0.15, 0.2) is 0 Å². The van der Waals surface area contributed by atoms with E-state index in [1.54, 1.807) is 19.4 Å². The lowest BCUT2D eigenvalue weighted by Crippen LogP contribution is -2.09. The van der Waals surface area contributed by atoms with E-state index in [4.69, 9.17) is 0 Å². The first-order valence-electron chi connectivity index (χ1n) is 4.52. The van der Waals surface area contributed by atoms with Crippen LogP contribution in [0.15, 0.2) is 18.3 Å². The van der Waals surface area contributed by atoms with E-state index in [0.29, 0.717) is 6.42 Å². The predicted octanol–water partition coefficient (Wildman–Crippen LogP) is 2.36. The first-order chi connectivity index (χ1) is 7.15. The number of nitrogens with zero attached hydrogens (tertiary/aromatic N) is 2. The van der Waals surface area contributed by atoms with Crippen molar-refractivity contribution in [2.45, 2.75) is 19.3 Å². The minimum absolute atomic E-state index is 0.257. The Morgan fingerprint density at radius 1 is 1.73 bits per heavy atom. The van der Waals surface area contributed by atoms with Crippen LogP contribution in [-0.4, -0.2) is 9.91 Å². The topological polar surface area (TPSA) is 56.0 Å². The molecule has 0 aromatic carbocycles. The zero-order valence-corrected chi connectivity index (χ0v) is 8.26. The smallest absolute Gasteiger partial charge is 0.264 e. The minimum Gasteiger partial charge on any atom is -0.264 e. The largest absolute Gasteiger partial charge is 0.286 e. The lowest BCUT2D eigenvalue weighted by Gasteiger charge is -2.10. The number of aromatic nitrogens is 1. The second kappa shape index (κ2) is 5.38. The third-order valence-corrected chi connectivity index (χ3v) is 1.98. The van der Waals surface area contributed by atoms with E-state index in [9.17, 15) is 14.5 Å². The van der Waals surface area contributed by atoms with E-state index in [2.05, 4.69) is 4.98 Å². The molecule has 1 aromatic heterocycles. The van der Waals surface area contributed by atoms with Crippen molar-refractivity contribution in [3.05, 3.63) is 52.9 Å². The van der Waals surface area contributed by atoms with Gasteiger partial charge in [-0.05, 0) is 18.9 Å². The first kappa shape index (κ1) is 11.6. The Kier molecular flexibility index (Phi) is 4.15. The van der Waals surface area contributed by atoms with Crippen molar-refractivity contribution in [2.24, 2.45) is 0 Å². The van der Waals surface area contributed by atoms with Crippen molar-refractivity contribution < 1.29 is 9.31 Å². The fourth-order valence-corrected chi connectivity index (χ4v) is 1.34. The van der Waals surface area contributed by atoms with Crippen molar-refractivity contribution in [1.82, 2.24) is 4.98 Å². The summed E-state index contributed by atoms with van der Waals surface area (Å²) < 4.78 is 13.2. The molecule has 0 saturated heterocycles. The van der Waals surface area contributed by atoms with Crippen LogP contribution in [0, 0.1) is 29.0 Å². The molecule has 1 atom stereocenters. The Morgan fingerprint density at radius 3 is 3.00 bits per heavy atom. The Labute approximate surface area is 87.3 Å². The molecule has 0 fully saturated rings. The maximum Gasteiger partial charge on any atom is 0.286 e. The van der Waals surface area contributed by atoms with Crippen LogP contribution >= 0.6 is 0 Å². The van der Waals surface area contributed by atoms with Gasteiger partial charge in [0.05, 0.1) is 5.92 Å². The number of hydrogen-bond acceptors (Lipinski definition) is 3. The average Bonchev–Trinajstić information content (AvgIpc) is 2.17. The van der Waals surface area contributed by atoms with Gasteiger partial charge >= 0.3 is 0 Å². The highest BCUT2D eigenvalue weighted by Gasteiger charge is 2.22. The summed E-state index contributed by atoms with van der Waals surface area (Å²) in [5, 5.41) is 10.4. The van der Waals surface area contributed by atoms with Crippen molar-refractivity contribution in [3.8, 4) is 0 Å². The van der Waals surface area contributed by atoms with E-state index in [-0.39, 0.29) is 5.56 Å². The maximum atomic E-state index is 13.2. The Hall–Kier alpha value is -1.52. The van der Waals surface area contributed by atoms with Crippen LogP contribution in [0.2, 0.25) is 0 Å². The number of halogens is 1. The third-order valence-electron chi connectivity index (χ3n) is 1.98. The van der Waals surface area contributed by atoms with Crippen molar-refractivity contribution in [2.75, 3.05) is 0 Å². The van der Waals surface area contributed by atoms with E-state index >= 15 is 0 Å². The van der Waals surface area contributed by atoms with Gasteiger partial charge in [-0.1, -0.05) is 13.0 Å². The zero-order valence-electron chi connectivity index (χ0n) is 8.26. The summed E-state index contributed by atoms with van der Waals surface area (Å²) in [6.07, 6.45) is 3.50. The van der Waals surface area contributed by atoms with Gasteiger partial charge in [0.1, 0.15) is 0 Å². The highest BCUT2D eigenvalue weighted by molar-refractivity contribution is 5.19. The average molecular weight is 210 g/mol. The van der Waals surface area contributed by atoms with Crippen molar-refractivity contribution in [1.29, 1.82) is 0 Å². The summed E-state index contributed by atoms with van der Waals surface area (Å²) in [5.74, 6) is -1.21. The lowest BCUT2D eigenvalue weighted by atomic mass is 9.96. The molecule has 15 heavy (non-hydrogen) atoms. The Balaban J connectivity index is 2.88. The van der Waals surface area contributed by atoms with E-state index in [0.717, 1.165) is 6.54 Å². The highest BCUT2D eigenvalue weighted by Crippen LogP contribution is 2.25. The Bertz CT molecular complexity index is 344. The van der Waals surface area contributed by atoms with Crippen LogP contribution in [0.25, 0.3) is 0 Å². The van der Waals surface area contributed by atoms with Crippen LogP contribution in [0.5, 0.6) is 0 Å². The van der Waals surface area contributed by atoms with E-state index < -0.39 is 16.8 Å². The molecule has 0 aliphatic carbocycles. The Morgan fingerprint density at radius 2 is 2.47 bits per heavy atom. The number of nitro groups is 1. The van der Waals surface area contributed by atoms with Crippen LogP contribution in [0.1, 0.15) is 24.8 Å². The summed E-state index contributed by atoms with van der Waals surface area (Å²) in [7, 11) is 0. The first-order valence-corrected chi connectivity index (χ1v) is 4.52. The fraction of sp³-hybridized carbons (Fsp3) is 0.300. The molecule has 0 N–H and O–H groups in total. The molecule has 0 aliphatic rings. The minimum atomic E-state index is -0.651. The van der Waals surface area contributed by atoms with Gasteiger partial charge in [-0.15, -0.1) is 0 Å². The molecule has 4 nitrogen and oxygen atoms in total. The summed E-state index contributed by atoms with van der Waals surface area (Å²) in [6, 6.07) is 3.07. The van der Waals surface area contributed by atoms with Gasteiger partial charge < -0.3 is 0 Å². The SMILES string of the molecule is C[CH]CC([CH][N+](=O)[O-])c1cccnc1F. The molecule has 1 unspecified atom stereocenters. The molecule has 0 bridgehead atoms. The van der Waals surface area contributed by atoms with Crippen LogP contribution in [0.3, 0.4) is 0 Å². The van der Waals surface area contributed by atoms with E-state index in [1.165, 1.54) is 12.3 Å². The number of pyridine rings is 1. The van der Waals surface area contributed by atoms with Gasteiger partial charge in [0.2, 0.25) is 5.95 Å². The van der Waals surface area contributed by atoms with Crippen LogP contribution < -0.4 is 0 Å². The lowest BCUT2D eigenvalue weighted by molar-refractivity contribution is -0.440. The molecule has 0 aliphatic heterocycles. The molecule has 5 heteroatoms. The summed E-state index contributed by atoms with van der Waals surface area (Å²) in [4.78, 5) is 13.3. The van der Waals surface area contributed by atoms with Gasteiger partial charge in [0.25, 0.3) is 6.54 Å². The van der Waals surface area contributed by atoms with Crippen LogP contribution in [-0.2, 0) is 0 Å². The van der Waals surface area contributed by atoms with E-state index in [1.807, 2.05) is 0 Å². The van der Waals surface area contributed by atoms with Gasteiger partial charge in [0, 0.05) is 16.7 Å². The molecule has 1 aromatic rings. The quantitative estimate of drug-likeness (QED) is 0.426. The predicted molar refractivity (Wildman–Crippen MR) is 52.8 cm³/mol. The number of rotatable bonds is 5. The molecular formula is C10H11FN2O2. The molecular weight excluding hydrogens is 199 g/mol. The molecule has 1 heterocycles. The standard InChI is InChI=1S/C10H11FN2O2/c1-2-4-8(7-13(14)15)9-5-3-6-12-10(9)11/h2-3,5-8H,4H2,1H3. The molecule has 0 spiro atoms. The van der Waals surface area contributed by atoms with Gasteiger partial charge in [-0.3, -0.25) is 10.1 Å². The molecule has 1 rings (SSSR count). The number of hydrogen-bond donors (Lipinski definition) is 0. The maximum absolute atomic E-state index is 13.2. The normalized spacial score (nSPS) is 12.4. The molecule has 2 radical (unpaired) electrons. The second-order valence-corrected chi connectivity index (χ2v) is 3.07. The van der Waals surface area contributed by atoms with Crippen LogP contribution in [0.4, 0.5) is 4.39 Å². The monoisotopic (exact) mass is 210 g/mol. The molecule has 0 amide bonds. The second-order valence-electron chi connectivity index (χ2n) is 3.07. The molecule has 80 valence electrons. The van der Waals surface area contributed by atoms with Crippen molar-refractivity contribution >= 4 is 0 Å². The summed E-state index contributed by atoms with van der Waals surface area (Å²) in [6.45, 7) is 2.66. The zero-order chi connectivity index (χ0) is 11.3. The van der Waals surface area contributed by atoms with Gasteiger partial charge in [-0.2, -0.15) is 4.39 Å². The fourth-order valence-electron chi connectivity index (χ4n) is 1.34. The molecule has 0 saturated carbocycles. The summed E-state index contributed by atoms with van der Waals surface area (Å²) >= 11 is 0. The van der Waals surface area contributed by atoms with Gasteiger partial charge in [-0.25, -0.2) is 4.98 Å². The summed E-state index contributed by atoms with van der Waals surface area (Å²) in [5.41, 5.74) is 0.257. The van der Waals surface area contributed by atoms with Crippen molar-refractivity contribution in [3.63, 3.8) is 0 Å². The highest BCUT2D eigenvalue weighted by atomic mass is 19.1.